The number of nitrogens with two attached hydrogens (primary N) is 1. The van der Waals surface area contributed by atoms with Crippen LogP contribution in [0.15, 0.2) is 54.6 Å². The molecular formula is C18H23NO2. The zero-order valence-corrected chi connectivity index (χ0v) is 12.3. The van der Waals surface area contributed by atoms with Gasteiger partial charge in [0.25, 0.3) is 0 Å². The van der Waals surface area contributed by atoms with Crippen LogP contribution in [0, 0.1) is 0 Å². The number of hydrogen-bond acceptors (Lipinski definition) is 3. The molecule has 0 atom stereocenters. The molecule has 2 N–H and O–H groups in total. The van der Waals surface area contributed by atoms with Gasteiger partial charge in [-0.1, -0.05) is 30.3 Å². The van der Waals surface area contributed by atoms with Crippen LogP contribution in [-0.2, 0) is 6.61 Å². The molecule has 0 spiro atoms. The zero-order chi connectivity index (χ0) is 14.8. The molecule has 2 rings (SSSR count). The van der Waals surface area contributed by atoms with Gasteiger partial charge in [0.1, 0.15) is 18.1 Å². The molecule has 0 aliphatic heterocycles. The van der Waals surface area contributed by atoms with Gasteiger partial charge >= 0.3 is 0 Å². The summed E-state index contributed by atoms with van der Waals surface area (Å²) in [7, 11) is 0. The first-order valence-electron chi connectivity index (χ1n) is 7.48. The first-order valence-corrected chi connectivity index (χ1v) is 7.48. The highest BCUT2D eigenvalue weighted by Crippen LogP contribution is 2.19. The van der Waals surface area contributed by atoms with E-state index >= 15 is 0 Å². The lowest BCUT2D eigenvalue weighted by molar-refractivity contribution is 0.297. The molecule has 0 aromatic heterocycles. The van der Waals surface area contributed by atoms with Crippen LogP contribution in [0.3, 0.4) is 0 Å². The highest BCUT2D eigenvalue weighted by molar-refractivity contribution is 5.31. The number of hydrogen-bond donors (Lipinski definition) is 1. The Morgan fingerprint density at radius 1 is 0.714 bits per heavy atom. The van der Waals surface area contributed by atoms with Gasteiger partial charge < -0.3 is 15.2 Å². The van der Waals surface area contributed by atoms with Crippen LogP contribution in [0.25, 0.3) is 0 Å². The Balaban J connectivity index is 1.71. The molecule has 3 nitrogen and oxygen atoms in total. The minimum Gasteiger partial charge on any atom is -0.494 e. The van der Waals surface area contributed by atoms with E-state index in [0.717, 1.165) is 49.5 Å². The Hall–Kier alpha value is -2.00. The van der Waals surface area contributed by atoms with Crippen LogP contribution < -0.4 is 15.2 Å². The fourth-order valence-corrected chi connectivity index (χ4v) is 1.99. The van der Waals surface area contributed by atoms with Crippen LogP contribution in [-0.4, -0.2) is 13.2 Å². The molecule has 21 heavy (non-hydrogen) atoms. The van der Waals surface area contributed by atoms with Gasteiger partial charge in [0, 0.05) is 0 Å². The van der Waals surface area contributed by atoms with Crippen molar-refractivity contribution in [1.29, 1.82) is 0 Å². The molecule has 0 bridgehead atoms. The smallest absolute Gasteiger partial charge is 0.120 e. The van der Waals surface area contributed by atoms with Crippen LogP contribution in [0.2, 0.25) is 0 Å². The summed E-state index contributed by atoms with van der Waals surface area (Å²) in [6.07, 6.45) is 3.23. The molecule has 0 unspecified atom stereocenters. The number of unbranched alkanes of at least 4 members (excludes halogenated alkanes) is 2. The van der Waals surface area contributed by atoms with Gasteiger partial charge in [-0.05, 0) is 55.6 Å². The van der Waals surface area contributed by atoms with Crippen LogP contribution in [0.5, 0.6) is 11.5 Å². The molecule has 2 aromatic rings. The molecule has 3 heteroatoms. The summed E-state index contributed by atoms with van der Waals surface area (Å²) in [4.78, 5) is 0. The molecule has 112 valence electrons. The minimum absolute atomic E-state index is 0.583. The lowest BCUT2D eigenvalue weighted by Crippen LogP contribution is -2.01. The van der Waals surface area contributed by atoms with Crippen molar-refractivity contribution in [1.82, 2.24) is 0 Å². The fraction of sp³-hybridized carbons (Fsp3) is 0.333. The Morgan fingerprint density at radius 3 is 2.05 bits per heavy atom. The van der Waals surface area contributed by atoms with Crippen LogP contribution in [0.4, 0.5) is 0 Å². The number of ether oxygens (including phenoxy) is 2. The minimum atomic E-state index is 0.583. The number of rotatable bonds is 9. The van der Waals surface area contributed by atoms with Crippen LogP contribution in [0.1, 0.15) is 24.8 Å². The SMILES string of the molecule is NCCCCCOc1ccc(OCc2ccccc2)cc1. The first-order chi connectivity index (χ1) is 10.4. The third kappa shape index (κ3) is 5.88. The Bertz CT molecular complexity index is 496. The second-order valence-electron chi connectivity index (χ2n) is 4.94. The van der Waals surface area contributed by atoms with Crippen molar-refractivity contribution in [2.75, 3.05) is 13.2 Å². The predicted octanol–water partition coefficient (Wildman–Crippen LogP) is 3.77. The van der Waals surface area contributed by atoms with Crippen LogP contribution >= 0.6 is 0 Å². The molecule has 0 fully saturated rings. The Kier molecular flexibility index (Phi) is 6.62. The summed E-state index contributed by atoms with van der Waals surface area (Å²) in [6, 6.07) is 17.9. The highest BCUT2D eigenvalue weighted by Gasteiger charge is 1.98. The molecule has 2 aromatic carbocycles. The second kappa shape index (κ2) is 9.03. The maximum Gasteiger partial charge on any atom is 0.120 e. The van der Waals surface area contributed by atoms with E-state index in [9.17, 15) is 0 Å². The lowest BCUT2D eigenvalue weighted by Gasteiger charge is -2.09. The summed E-state index contributed by atoms with van der Waals surface area (Å²) < 4.78 is 11.4. The molecular weight excluding hydrogens is 262 g/mol. The van der Waals surface area contributed by atoms with E-state index in [1.54, 1.807) is 0 Å². The van der Waals surface area contributed by atoms with Gasteiger partial charge in [0.15, 0.2) is 0 Å². The topological polar surface area (TPSA) is 44.5 Å². The van der Waals surface area contributed by atoms with Gasteiger partial charge in [0.05, 0.1) is 6.61 Å². The van der Waals surface area contributed by atoms with E-state index in [4.69, 9.17) is 15.2 Å². The molecule has 0 heterocycles. The predicted molar refractivity (Wildman–Crippen MR) is 85.6 cm³/mol. The second-order valence-corrected chi connectivity index (χ2v) is 4.94. The third-order valence-electron chi connectivity index (χ3n) is 3.19. The third-order valence-corrected chi connectivity index (χ3v) is 3.19. The average molecular weight is 285 g/mol. The van der Waals surface area contributed by atoms with E-state index in [1.807, 2.05) is 42.5 Å². The van der Waals surface area contributed by atoms with E-state index in [2.05, 4.69) is 12.1 Å². The van der Waals surface area contributed by atoms with E-state index < -0.39 is 0 Å². The van der Waals surface area contributed by atoms with Crippen molar-refractivity contribution in [3.8, 4) is 11.5 Å². The summed E-state index contributed by atoms with van der Waals surface area (Å²) in [5.74, 6) is 1.74. The quantitative estimate of drug-likeness (QED) is 0.713. The van der Waals surface area contributed by atoms with Crippen molar-refractivity contribution in [2.45, 2.75) is 25.9 Å². The molecule has 0 radical (unpaired) electrons. The molecule has 0 aliphatic rings. The monoisotopic (exact) mass is 285 g/mol. The largest absolute Gasteiger partial charge is 0.494 e. The first kappa shape index (κ1) is 15.4. The Morgan fingerprint density at radius 2 is 1.38 bits per heavy atom. The lowest BCUT2D eigenvalue weighted by atomic mass is 10.2. The van der Waals surface area contributed by atoms with Gasteiger partial charge in [0.2, 0.25) is 0 Å². The number of benzene rings is 2. The van der Waals surface area contributed by atoms with Gasteiger partial charge in [-0.3, -0.25) is 0 Å². The molecule has 0 saturated carbocycles. The summed E-state index contributed by atoms with van der Waals surface area (Å²) in [6.45, 7) is 2.08. The van der Waals surface area contributed by atoms with Crippen molar-refractivity contribution >= 4 is 0 Å². The molecule has 0 amide bonds. The van der Waals surface area contributed by atoms with Crippen molar-refractivity contribution in [3.63, 3.8) is 0 Å². The summed E-state index contributed by atoms with van der Waals surface area (Å²) >= 11 is 0. The van der Waals surface area contributed by atoms with E-state index in [1.165, 1.54) is 0 Å². The van der Waals surface area contributed by atoms with E-state index in [0.29, 0.717) is 6.61 Å². The highest BCUT2D eigenvalue weighted by atomic mass is 16.5. The summed E-state index contributed by atoms with van der Waals surface area (Å²) in [5.41, 5.74) is 6.62. The standard InChI is InChI=1S/C18H23NO2/c19-13-5-2-6-14-20-17-9-11-18(12-10-17)21-15-16-7-3-1-4-8-16/h1,3-4,7-12H,2,5-6,13-15,19H2. The van der Waals surface area contributed by atoms with Gasteiger partial charge in [-0.25, -0.2) is 0 Å². The fourth-order valence-electron chi connectivity index (χ4n) is 1.99. The van der Waals surface area contributed by atoms with Crippen molar-refractivity contribution < 1.29 is 9.47 Å². The van der Waals surface area contributed by atoms with Gasteiger partial charge in [-0.15, -0.1) is 0 Å². The Labute approximate surface area is 126 Å². The normalized spacial score (nSPS) is 10.3. The van der Waals surface area contributed by atoms with Crippen molar-refractivity contribution in [3.05, 3.63) is 60.2 Å². The van der Waals surface area contributed by atoms with Gasteiger partial charge in [-0.2, -0.15) is 0 Å². The maximum atomic E-state index is 5.74. The van der Waals surface area contributed by atoms with E-state index in [-0.39, 0.29) is 0 Å². The average Bonchev–Trinajstić information content (AvgIpc) is 2.55. The zero-order valence-electron chi connectivity index (χ0n) is 12.3. The maximum absolute atomic E-state index is 5.74. The van der Waals surface area contributed by atoms with Crippen molar-refractivity contribution in [2.24, 2.45) is 5.73 Å². The molecule has 0 saturated heterocycles. The summed E-state index contributed by atoms with van der Waals surface area (Å²) in [5, 5.41) is 0. The molecule has 0 aliphatic carbocycles.